The van der Waals surface area contributed by atoms with Crippen molar-refractivity contribution in [2.24, 2.45) is 0 Å². The van der Waals surface area contributed by atoms with Crippen LogP contribution in [0.15, 0.2) is 53.0 Å². The number of nitrogens with one attached hydrogen (secondary N) is 1. The smallest absolute Gasteiger partial charge is 0.228 e. The molecule has 0 saturated heterocycles. The highest BCUT2D eigenvalue weighted by molar-refractivity contribution is 9.10. The van der Waals surface area contributed by atoms with Gasteiger partial charge in [0.15, 0.2) is 0 Å². The van der Waals surface area contributed by atoms with E-state index in [-0.39, 0.29) is 11.9 Å². The summed E-state index contributed by atoms with van der Waals surface area (Å²) >= 11 is 3.56. The fourth-order valence-electron chi connectivity index (χ4n) is 2.70. The molecule has 2 aromatic rings. The number of nitrogens with zero attached hydrogens (tertiary/aromatic N) is 1. The van der Waals surface area contributed by atoms with Crippen molar-refractivity contribution in [3.63, 3.8) is 0 Å². The molecule has 0 saturated carbocycles. The van der Waals surface area contributed by atoms with E-state index in [9.17, 15) is 4.79 Å². The second-order valence-electron chi connectivity index (χ2n) is 5.24. The van der Waals surface area contributed by atoms with Crippen molar-refractivity contribution in [2.75, 3.05) is 11.9 Å². The van der Waals surface area contributed by atoms with E-state index in [1.54, 1.807) is 4.90 Å². The van der Waals surface area contributed by atoms with Crippen molar-refractivity contribution in [3.8, 4) is 0 Å². The summed E-state index contributed by atoms with van der Waals surface area (Å²) < 4.78 is 1.09. The first-order valence-electron chi connectivity index (χ1n) is 6.99. The Hall–Kier alpha value is -1.65. The number of hydrogen-bond acceptors (Lipinski definition) is 2. The first kappa shape index (κ1) is 14.3. The van der Waals surface area contributed by atoms with Crippen molar-refractivity contribution < 1.29 is 4.79 Å². The molecule has 0 aromatic heterocycles. The van der Waals surface area contributed by atoms with Crippen LogP contribution in [0.3, 0.4) is 0 Å². The molecule has 4 heteroatoms. The van der Waals surface area contributed by atoms with Crippen molar-refractivity contribution in [2.45, 2.75) is 19.0 Å². The van der Waals surface area contributed by atoms with Crippen LogP contribution in [0.2, 0.25) is 0 Å². The molecule has 21 heavy (non-hydrogen) atoms. The molecule has 2 aromatic carbocycles. The number of amides is 1. The number of carbonyl (C=O) groups excluding carboxylic acids is 1. The van der Waals surface area contributed by atoms with E-state index in [2.05, 4.69) is 33.4 Å². The second kappa shape index (κ2) is 6.00. The lowest BCUT2D eigenvalue weighted by Gasteiger charge is -2.32. The van der Waals surface area contributed by atoms with Gasteiger partial charge in [0.1, 0.15) is 0 Å². The fraction of sp³-hybridized carbons (Fsp3) is 0.235. The molecule has 1 N–H and O–H groups in total. The molecule has 1 aliphatic heterocycles. The van der Waals surface area contributed by atoms with Gasteiger partial charge >= 0.3 is 0 Å². The van der Waals surface area contributed by atoms with Crippen LogP contribution in [-0.2, 0) is 11.3 Å². The number of halogens is 1. The third-order valence-electron chi connectivity index (χ3n) is 3.92. The zero-order chi connectivity index (χ0) is 14.8. The predicted octanol–water partition coefficient (Wildman–Crippen LogP) is 3.65. The van der Waals surface area contributed by atoms with Crippen LogP contribution in [0.1, 0.15) is 23.6 Å². The van der Waals surface area contributed by atoms with Crippen LogP contribution in [-0.4, -0.2) is 13.0 Å². The third-order valence-corrected chi connectivity index (χ3v) is 4.70. The normalized spacial score (nSPS) is 17.7. The van der Waals surface area contributed by atoms with E-state index >= 15 is 0 Å². The van der Waals surface area contributed by atoms with E-state index in [4.69, 9.17) is 0 Å². The van der Waals surface area contributed by atoms with Gasteiger partial charge in [-0.05, 0) is 23.3 Å². The van der Waals surface area contributed by atoms with E-state index in [1.807, 2.05) is 43.4 Å². The lowest BCUT2D eigenvalue weighted by Crippen LogP contribution is -2.37. The molecule has 0 radical (unpaired) electrons. The number of fused-ring (bicyclic) bond motifs is 1. The highest BCUT2D eigenvalue weighted by Crippen LogP contribution is 2.33. The maximum absolute atomic E-state index is 12.1. The van der Waals surface area contributed by atoms with Gasteiger partial charge in [-0.15, -0.1) is 0 Å². The van der Waals surface area contributed by atoms with Gasteiger partial charge in [0.2, 0.25) is 5.91 Å². The van der Waals surface area contributed by atoms with Crippen LogP contribution in [0.25, 0.3) is 0 Å². The largest absolute Gasteiger partial charge is 0.315 e. The van der Waals surface area contributed by atoms with Gasteiger partial charge in [0, 0.05) is 36.2 Å². The first-order chi connectivity index (χ1) is 10.2. The highest BCUT2D eigenvalue weighted by atomic mass is 79.9. The predicted molar refractivity (Wildman–Crippen MR) is 88.2 cm³/mol. The zero-order valence-electron chi connectivity index (χ0n) is 11.8. The van der Waals surface area contributed by atoms with Crippen LogP contribution >= 0.6 is 15.9 Å². The monoisotopic (exact) mass is 344 g/mol. The Balaban J connectivity index is 1.82. The van der Waals surface area contributed by atoms with Gasteiger partial charge in [-0.2, -0.15) is 0 Å². The number of hydrogen-bond donors (Lipinski definition) is 1. The molecular weight excluding hydrogens is 328 g/mol. The van der Waals surface area contributed by atoms with E-state index < -0.39 is 0 Å². The first-order valence-corrected chi connectivity index (χ1v) is 7.78. The Bertz CT molecular complexity index is 671. The van der Waals surface area contributed by atoms with Crippen LogP contribution in [0, 0.1) is 0 Å². The number of anilines is 1. The van der Waals surface area contributed by atoms with Gasteiger partial charge in [0.25, 0.3) is 0 Å². The third kappa shape index (κ3) is 2.87. The Morgan fingerprint density at radius 1 is 1.19 bits per heavy atom. The molecule has 0 spiro atoms. The minimum absolute atomic E-state index is 0.0667. The molecule has 0 aliphatic carbocycles. The van der Waals surface area contributed by atoms with Gasteiger partial charge in [-0.25, -0.2) is 0 Å². The minimum Gasteiger partial charge on any atom is -0.315 e. The quantitative estimate of drug-likeness (QED) is 0.921. The molecule has 1 aliphatic rings. The summed E-state index contributed by atoms with van der Waals surface area (Å²) in [6.07, 6.45) is 0.498. The van der Waals surface area contributed by atoms with Crippen LogP contribution in [0.5, 0.6) is 0 Å². The van der Waals surface area contributed by atoms with E-state index in [0.29, 0.717) is 6.42 Å². The Labute approximate surface area is 133 Å². The number of rotatable bonds is 3. The van der Waals surface area contributed by atoms with E-state index in [0.717, 1.165) is 16.7 Å². The van der Waals surface area contributed by atoms with E-state index in [1.165, 1.54) is 11.1 Å². The number of carbonyl (C=O) groups is 1. The Morgan fingerprint density at radius 3 is 2.71 bits per heavy atom. The summed E-state index contributed by atoms with van der Waals surface area (Å²) in [6.45, 7) is 0.734. The van der Waals surface area contributed by atoms with Crippen molar-refractivity contribution >= 4 is 27.5 Å². The van der Waals surface area contributed by atoms with Crippen molar-refractivity contribution in [1.82, 2.24) is 5.32 Å². The SMILES string of the molecule is CN1C(=O)CC(NCc2ccccc2Br)c2ccccc21. The Kier molecular flexibility index (Phi) is 4.08. The molecular formula is C17H17BrN2O. The van der Waals surface area contributed by atoms with Crippen LogP contribution in [0.4, 0.5) is 5.69 Å². The number of para-hydroxylation sites is 1. The van der Waals surface area contributed by atoms with Gasteiger partial charge < -0.3 is 10.2 Å². The van der Waals surface area contributed by atoms with Crippen LogP contribution < -0.4 is 10.2 Å². The zero-order valence-corrected chi connectivity index (χ0v) is 13.4. The lowest BCUT2D eigenvalue weighted by atomic mass is 9.96. The number of benzene rings is 2. The molecule has 108 valence electrons. The standard InChI is InChI=1S/C17H17BrN2O/c1-20-16-9-5-3-7-13(16)15(10-17(20)21)19-11-12-6-2-4-8-14(12)18/h2-9,15,19H,10-11H2,1H3. The second-order valence-corrected chi connectivity index (χ2v) is 6.09. The summed E-state index contributed by atoms with van der Waals surface area (Å²) in [6, 6.07) is 16.3. The topological polar surface area (TPSA) is 32.3 Å². The molecule has 1 heterocycles. The summed E-state index contributed by atoms with van der Waals surface area (Å²) in [7, 11) is 1.84. The average Bonchev–Trinajstić information content (AvgIpc) is 2.51. The fourth-order valence-corrected chi connectivity index (χ4v) is 3.13. The molecule has 3 rings (SSSR count). The summed E-state index contributed by atoms with van der Waals surface area (Å²) in [4.78, 5) is 13.9. The highest BCUT2D eigenvalue weighted by Gasteiger charge is 2.28. The van der Waals surface area contributed by atoms with Crippen molar-refractivity contribution in [3.05, 3.63) is 64.1 Å². The summed E-state index contributed by atoms with van der Waals surface area (Å²) in [5, 5.41) is 3.51. The minimum atomic E-state index is 0.0667. The average molecular weight is 345 g/mol. The molecule has 1 unspecified atom stereocenters. The summed E-state index contributed by atoms with van der Waals surface area (Å²) in [5.41, 5.74) is 3.38. The Morgan fingerprint density at radius 2 is 1.90 bits per heavy atom. The molecule has 0 fully saturated rings. The van der Waals surface area contributed by atoms with Crippen molar-refractivity contribution in [1.29, 1.82) is 0 Å². The van der Waals surface area contributed by atoms with Gasteiger partial charge in [-0.3, -0.25) is 4.79 Å². The molecule has 0 bridgehead atoms. The lowest BCUT2D eigenvalue weighted by molar-refractivity contribution is -0.119. The molecule has 3 nitrogen and oxygen atoms in total. The maximum atomic E-state index is 12.1. The molecule has 1 atom stereocenters. The van der Waals surface area contributed by atoms with Gasteiger partial charge in [-0.1, -0.05) is 52.3 Å². The molecule has 1 amide bonds. The van der Waals surface area contributed by atoms with Gasteiger partial charge in [0.05, 0.1) is 0 Å². The maximum Gasteiger partial charge on any atom is 0.228 e. The summed E-state index contributed by atoms with van der Waals surface area (Å²) in [5.74, 6) is 0.151.